The van der Waals surface area contributed by atoms with E-state index in [4.69, 9.17) is 0 Å². The number of carbonyl (C=O) groups excluding carboxylic acids is 1. The van der Waals surface area contributed by atoms with Gasteiger partial charge in [0, 0.05) is 10.9 Å². The molecule has 1 amide bonds. The Hall–Kier alpha value is -3.06. The summed E-state index contributed by atoms with van der Waals surface area (Å²) in [6.07, 6.45) is 1.75. The second-order valence-corrected chi connectivity index (χ2v) is 6.39. The molecule has 2 aromatic heterocycles. The van der Waals surface area contributed by atoms with Crippen molar-refractivity contribution in [3.63, 3.8) is 0 Å². The lowest BCUT2D eigenvalue weighted by atomic mass is 10.1. The van der Waals surface area contributed by atoms with Crippen molar-refractivity contribution in [2.24, 2.45) is 0 Å². The molecule has 2 N–H and O–H groups in total. The fraction of sp³-hybridized carbons (Fsp3) is 0.0556. The summed E-state index contributed by atoms with van der Waals surface area (Å²) < 4.78 is 13.2. The van der Waals surface area contributed by atoms with Crippen molar-refractivity contribution in [3.8, 4) is 10.6 Å². The number of aromatic nitrogens is 3. The molecule has 124 valence electrons. The molecule has 4 aromatic rings. The summed E-state index contributed by atoms with van der Waals surface area (Å²) in [7, 11) is 0. The topological polar surface area (TPSA) is 70.7 Å². The molecule has 5 nitrogen and oxygen atoms in total. The number of benzene rings is 2. The number of H-pyrrole nitrogens is 1. The SMILES string of the molecule is O=C(Cc1cccc(F)c1)Nc1csc(-c2ccc3[nH]cnc3c2)n1. The highest BCUT2D eigenvalue weighted by molar-refractivity contribution is 7.13. The van der Waals surface area contributed by atoms with Crippen LogP contribution in [0.2, 0.25) is 0 Å². The fourth-order valence-electron chi connectivity index (χ4n) is 2.55. The van der Waals surface area contributed by atoms with Gasteiger partial charge in [-0.25, -0.2) is 14.4 Å². The number of hydrogen-bond acceptors (Lipinski definition) is 4. The van der Waals surface area contributed by atoms with Gasteiger partial charge < -0.3 is 10.3 Å². The van der Waals surface area contributed by atoms with Crippen LogP contribution in [-0.2, 0) is 11.2 Å². The van der Waals surface area contributed by atoms with E-state index in [1.54, 1.807) is 23.8 Å². The summed E-state index contributed by atoms with van der Waals surface area (Å²) in [5.74, 6) is -0.0938. The van der Waals surface area contributed by atoms with Gasteiger partial charge in [-0.05, 0) is 35.9 Å². The minimum absolute atomic E-state index is 0.101. The van der Waals surface area contributed by atoms with Gasteiger partial charge in [0.05, 0.1) is 23.8 Å². The van der Waals surface area contributed by atoms with E-state index in [2.05, 4.69) is 20.3 Å². The van der Waals surface area contributed by atoms with Crippen LogP contribution >= 0.6 is 11.3 Å². The number of carbonyl (C=O) groups is 1. The van der Waals surface area contributed by atoms with Crippen molar-refractivity contribution in [2.75, 3.05) is 5.32 Å². The molecule has 2 heterocycles. The summed E-state index contributed by atoms with van der Waals surface area (Å²) in [4.78, 5) is 23.8. The number of nitrogens with zero attached hydrogens (tertiary/aromatic N) is 2. The molecule has 4 rings (SSSR count). The molecule has 25 heavy (non-hydrogen) atoms. The minimum atomic E-state index is -0.352. The molecule has 0 aliphatic rings. The molecular formula is C18H13FN4OS. The first kappa shape index (κ1) is 15.5. The Labute approximate surface area is 146 Å². The van der Waals surface area contributed by atoms with Crippen molar-refractivity contribution in [1.82, 2.24) is 15.0 Å². The molecule has 0 saturated heterocycles. The van der Waals surface area contributed by atoms with Crippen molar-refractivity contribution in [2.45, 2.75) is 6.42 Å². The number of rotatable bonds is 4. The Morgan fingerprint density at radius 1 is 1.24 bits per heavy atom. The lowest BCUT2D eigenvalue weighted by molar-refractivity contribution is -0.115. The van der Waals surface area contributed by atoms with Crippen LogP contribution in [0.1, 0.15) is 5.56 Å². The third kappa shape index (κ3) is 3.41. The van der Waals surface area contributed by atoms with Crippen molar-refractivity contribution in [1.29, 1.82) is 0 Å². The standard InChI is InChI=1S/C18H13FN4OS/c19-13-3-1-2-11(6-13)7-17(24)22-16-9-25-18(23-16)12-4-5-14-15(8-12)21-10-20-14/h1-6,8-10H,7H2,(H,20,21)(H,22,24). The molecule has 7 heteroatoms. The zero-order valence-electron chi connectivity index (χ0n) is 13.0. The van der Waals surface area contributed by atoms with E-state index in [0.29, 0.717) is 11.4 Å². The average molecular weight is 352 g/mol. The van der Waals surface area contributed by atoms with Crippen LogP contribution in [0.3, 0.4) is 0 Å². The molecule has 0 aliphatic heterocycles. The Morgan fingerprint density at radius 2 is 2.16 bits per heavy atom. The fourth-order valence-corrected chi connectivity index (χ4v) is 3.30. The van der Waals surface area contributed by atoms with E-state index >= 15 is 0 Å². The first-order chi connectivity index (χ1) is 12.2. The Bertz CT molecular complexity index is 1060. The highest BCUT2D eigenvalue weighted by Crippen LogP contribution is 2.27. The predicted octanol–water partition coefficient (Wildman–Crippen LogP) is 4.01. The normalized spacial score (nSPS) is 10.9. The molecule has 2 aromatic carbocycles. The smallest absolute Gasteiger partial charge is 0.229 e. The maximum absolute atomic E-state index is 13.2. The summed E-state index contributed by atoms with van der Waals surface area (Å²) in [6, 6.07) is 11.9. The molecule has 0 radical (unpaired) electrons. The molecule has 0 spiro atoms. The molecule has 0 bridgehead atoms. The van der Waals surface area contributed by atoms with Crippen LogP contribution in [0.5, 0.6) is 0 Å². The first-order valence-corrected chi connectivity index (χ1v) is 8.49. The number of imidazole rings is 1. The van der Waals surface area contributed by atoms with E-state index in [-0.39, 0.29) is 18.1 Å². The number of aromatic amines is 1. The van der Waals surface area contributed by atoms with E-state index in [0.717, 1.165) is 21.6 Å². The van der Waals surface area contributed by atoms with Gasteiger partial charge in [0.2, 0.25) is 5.91 Å². The number of halogens is 1. The Kier molecular flexibility index (Phi) is 3.99. The lowest BCUT2D eigenvalue weighted by Gasteiger charge is -2.02. The van der Waals surface area contributed by atoms with Gasteiger partial charge in [-0.2, -0.15) is 0 Å². The van der Waals surface area contributed by atoms with Gasteiger partial charge in [-0.3, -0.25) is 4.79 Å². The van der Waals surface area contributed by atoms with E-state index < -0.39 is 0 Å². The number of amides is 1. The Balaban J connectivity index is 1.48. The largest absolute Gasteiger partial charge is 0.345 e. The first-order valence-electron chi connectivity index (χ1n) is 7.61. The Morgan fingerprint density at radius 3 is 3.04 bits per heavy atom. The third-order valence-electron chi connectivity index (χ3n) is 3.69. The van der Waals surface area contributed by atoms with Crippen LogP contribution in [-0.4, -0.2) is 20.9 Å². The van der Waals surface area contributed by atoms with Crippen molar-refractivity contribution in [3.05, 3.63) is 65.6 Å². The van der Waals surface area contributed by atoms with Crippen molar-refractivity contribution < 1.29 is 9.18 Å². The maximum Gasteiger partial charge on any atom is 0.229 e. The van der Waals surface area contributed by atoms with Gasteiger partial charge >= 0.3 is 0 Å². The summed E-state index contributed by atoms with van der Waals surface area (Å²) in [6.45, 7) is 0. The summed E-state index contributed by atoms with van der Waals surface area (Å²) in [5.41, 5.74) is 3.39. The zero-order valence-corrected chi connectivity index (χ0v) is 13.8. The number of anilines is 1. The number of thiazole rings is 1. The second-order valence-electron chi connectivity index (χ2n) is 5.53. The molecule has 0 unspecified atom stereocenters. The maximum atomic E-state index is 13.2. The van der Waals surface area contributed by atoms with Crippen LogP contribution in [0.4, 0.5) is 10.2 Å². The van der Waals surface area contributed by atoms with Crippen LogP contribution in [0.25, 0.3) is 21.6 Å². The second kappa shape index (κ2) is 6.45. The zero-order chi connectivity index (χ0) is 17.2. The molecule has 0 atom stereocenters. The van der Waals surface area contributed by atoms with Crippen LogP contribution in [0.15, 0.2) is 54.2 Å². The van der Waals surface area contributed by atoms with Crippen LogP contribution < -0.4 is 5.32 Å². The van der Waals surface area contributed by atoms with Gasteiger partial charge in [0.1, 0.15) is 16.6 Å². The highest BCUT2D eigenvalue weighted by atomic mass is 32.1. The monoisotopic (exact) mass is 352 g/mol. The number of fused-ring (bicyclic) bond motifs is 1. The van der Waals surface area contributed by atoms with Crippen LogP contribution in [0, 0.1) is 5.82 Å². The molecule has 0 saturated carbocycles. The lowest BCUT2D eigenvalue weighted by Crippen LogP contribution is -2.14. The number of hydrogen-bond donors (Lipinski definition) is 2. The van der Waals surface area contributed by atoms with Gasteiger partial charge in [0.25, 0.3) is 0 Å². The van der Waals surface area contributed by atoms with Gasteiger partial charge in [-0.15, -0.1) is 11.3 Å². The summed E-state index contributed by atoms with van der Waals surface area (Å²) >= 11 is 1.44. The molecule has 0 fully saturated rings. The van der Waals surface area contributed by atoms with Crippen molar-refractivity contribution >= 4 is 34.1 Å². The van der Waals surface area contributed by atoms with E-state index in [9.17, 15) is 9.18 Å². The number of nitrogens with one attached hydrogen (secondary N) is 2. The molecule has 0 aliphatic carbocycles. The highest BCUT2D eigenvalue weighted by Gasteiger charge is 2.10. The van der Waals surface area contributed by atoms with E-state index in [1.165, 1.54) is 23.5 Å². The minimum Gasteiger partial charge on any atom is -0.345 e. The summed E-state index contributed by atoms with van der Waals surface area (Å²) in [5, 5.41) is 5.33. The third-order valence-corrected chi connectivity index (χ3v) is 4.59. The quantitative estimate of drug-likeness (QED) is 0.583. The van der Waals surface area contributed by atoms with Gasteiger partial charge in [0.15, 0.2) is 0 Å². The van der Waals surface area contributed by atoms with Gasteiger partial charge in [-0.1, -0.05) is 12.1 Å². The predicted molar refractivity (Wildman–Crippen MR) is 95.9 cm³/mol. The average Bonchev–Trinajstić information content (AvgIpc) is 3.23. The van der Waals surface area contributed by atoms with E-state index in [1.807, 2.05) is 18.2 Å². The molecular weight excluding hydrogens is 339 g/mol.